The number of sulfonamides is 1. The van der Waals surface area contributed by atoms with Crippen molar-refractivity contribution in [2.24, 2.45) is 0 Å². The summed E-state index contributed by atoms with van der Waals surface area (Å²) in [5.41, 5.74) is 6.33. The molecule has 1 heterocycles. The third kappa shape index (κ3) is 3.38. The Morgan fingerprint density at radius 2 is 1.76 bits per heavy atom. The Morgan fingerprint density at radius 3 is 2.19 bits per heavy atom. The van der Waals surface area contributed by atoms with Gasteiger partial charge in [0.05, 0.1) is 16.4 Å². The van der Waals surface area contributed by atoms with Gasteiger partial charge in [0.1, 0.15) is 0 Å². The van der Waals surface area contributed by atoms with Crippen LogP contribution in [0.15, 0.2) is 17.0 Å². The minimum absolute atomic E-state index is 0.00568. The summed E-state index contributed by atoms with van der Waals surface area (Å²) in [6.45, 7) is 4.97. The first-order valence-corrected chi connectivity index (χ1v) is 9.86. The number of benzene rings is 1. The molecule has 118 valence electrons. The number of sulfone groups is 1. The van der Waals surface area contributed by atoms with E-state index in [1.165, 1.54) is 0 Å². The molecule has 0 bridgehead atoms. The number of rotatable bonds is 3. The summed E-state index contributed by atoms with van der Waals surface area (Å²) in [5.74, 6) is -0.169. The first kappa shape index (κ1) is 16.3. The lowest BCUT2D eigenvalue weighted by Crippen LogP contribution is -2.47. The maximum Gasteiger partial charge on any atom is 0.241 e. The van der Waals surface area contributed by atoms with Crippen molar-refractivity contribution in [2.45, 2.75) is 37.6 Å². The summed E-state index contributed by atoms with van der Waals surface area (Å²) in [5, 5.41) is 0. The zero-order valence-electron chi connectivity index (χ0n) is 12.3. The molecule has 6 nitrogen and oxygen atoms in total. The first-order chi connectivity index (χ1) is 9.44. The highest BCUT2D eigenvalue weighted by Crippen LogP contribution is 2.28. The molecule has 2 rings (SSSR count). The van der Waals surface area contributed by atoms with Gasteiger partial charge in [-0.25, -0.2) is 21.6 Å². The lowest BCUT2D eigenvalue weighted by molar-refractivity contribution is 0.461. The van der Waals surface area contributed by atoms with Gasteiger partial charge in [-0.05, 0) is 50.5 Å². The Hall–Kier alpha value is -1.12. The molecule has 1 saturated heterocycles. The fraction of sp³-hybridized carbons (Fsp3) is 0.538. The normalized spacial score (nSPS) is 25.1. The summed E-state index contributed by atoms with van der Waals surface area (Å²) in [7, 11) is -6.98. The number of anilines is 1. The highest BCUT2D eigenvalue weighted by molar-refractivity contribution is 7.92. The number of nitrogens with two attached hydrogens (primary N) is 1. The standard InChI is InChI=1S/C13H20N2O4S2/c1-9-6-11(14)7-10(2)12(9)21(18,19)15-13(3)4-5-20(16,17)8-13/h6-7,15H,4-5,8,14H2,1-3H3. The van der Waals surface area contributed by atoms with Crippen LogP contribution < -0.4 is 10.5 Å². The van der Waals surface area contributed by atoms with Gasteiger partial charge >= 0.3 is 0 Å². The maximum absolute atomic E-state index is 12.6. The summed E-state index contributed by atoms with van der Waals surface area (Å²) < 4.78 is 51.0. The molecule has 21 heavy (non-hydrogen) atoms. The van der Waals surface area contributed by atoms with Crippen LogP contribution in [0.1, 0.15) is 24.5 Å². The lowest BCUT2D eigenvalue weighted by Gasteiger charge is -2.25. The Kier molecular flexibility index (Phi) is 3.84. The molecule has 0 amide bonds. The second-order valence-corrected chi connectivity index (χ2v) is 9.80. The Balaban J connectivity index is 2.41. The zero-order chi connectivity index (χ0) is 16.1. The van der Waals surface area contributed by atoms with Gasteiger partial charge in [0.15, 0.2) is 9.84 Å². The molecule has 0 spiro atoms. The SMILES string of the molecule is Cc1cc(N)cc(C)c1S(=O)(=O)NC1(C)CCS(=O)(=O)C1. The second kappa shape index (κ2) is 4.96. The van der Waals surface area contributed by atoms with E-state index in [2.05, 4.69) is 4.72 Å². The van der Waals surface area contributed by atoms with E-state index in [1.54, 1.807) is 32.9 Å². The van der Waals surface area contributed by atoms with Crippen molar-refractivity contribution >= 4 is 25.5 Å². The molecule has 1 fully saturated rings. The zero-order valence-corrected chi connectivity index (χ0v) is 13.9. The van der Waals surface area contributed by atoms with Crippen LogP contribution in [0.4, 0.5) is 5.69 Å². The average Bonchev–Trinajstić information content (AvgIpc) is 2.48. The van der Waals surface area contributed by atoms with Crippen LogP contribution in [0.25, 0.3) is 0 Å². The third-order valence-electron chi connectivity index (χ3n) is 3.64. The van der Waals surface area contributed by atoms with E-state index >= 15 is 0 Å². The van der Waals surface area contributed by atoms with Crippen LogP contribution in [0, 0.1) is 13.8 Å². The van der Waals surface area contributed by atoms with E-state index in [4.69, 9.17) is 5.73 Å². The van der Waals surface area contributed by atoms with Gasteiger partial charge in [0.2, 0.25) is 10.0 Å². The second-order valence-electron chi connectivity index (χ2n) is 5.99. The lowest BCUT2D eigenvalue weighted by atomic mass is 10.0. The highest BCUT2D eigenvalue weighted by atomic mass is 32.2. The number of nitrogens with one attached hydrogen (secondary N) is 1. The minimum Gasteiger partial charge on any atom is -0.399 e. The molecule has 1 aliphatic heterocycles. The summed E-state index contributed by atoms with van der Waals surface area (Å²) in [6.07, 6.45) is 0.279. The fourth-order valence-corrected chi connectivity index (χ4v) is 6.95. The van der Waals surface area contributed by atoms with Crippen LogP contribution >= 0.6 is 0 Å². The van der Waals surface area contributed by atoms with Crippen molar-refractivity contribution in [1.29, 1.82) is 0 Å². The molecule has 1 aromatic rings. The van der Waals surface area contributed by atoms with Crippen molar-refractivity contribution in [1.82, 2.24) is 4.72 Å². The number of hydrogen-bond acceptors (Lipinski definition) is 5. The van der Waals surface area contributed by atoms with Crippen LogP contribution in [0.5, 0.6) is 0 Å². The molecule has 1 aliphatic rings. The van der Waals surface area contributed by atoms with Gasteiger partial charge in [-0.1, -0.05) is 0 Å². The summed E-state index contributed by atoms with van der Waals surface area (Å²) >= 11 is 0. The average molecular weight is 332 g/mol. The molecule has 0 aliphatic carbocycles. The molecule has 0 radical (unpaired) electrons. The highest BCUT2D eigenvalue weighted by Gasteiger charge is 2.41. The fourth-order valence-electron chi connectivity index (χ4n) is 2.87. The number of aryl methyl sites for hydroxylation is 2. The van der Waals surface area contributed by atoms with Crippen molar-refractivity contribution in [2.75, 3.05) is 17.2 Å². The van der Waals surface area contributed by atoms with Gasteiger partial charge < -0.3 is 5.73 Å². The summed E-state index contributed by atoms with van der Waals surface area (Å²) in [4.78, 5) is 0.169. The third-order valence-corrected chi connectivity index (χ3v) is 7.48. The van der Waals surface area contributed by atoms with E-state index in [-0.39, 0.29) is 22.8 Å². The number of hydrogen-bond donors (Lipinski definition) is 2. The maximum atomic E-state index is 12.6. The van der Waals surface area contributed by atoms with Crippen LogP contribution in [-0.4, -0.2) is 33.9 Å². The predicted octanol–water partition coefficient (Wildman–Crippen LogP) is 0.741. The molecule has 1 aromatic carbocycles. The van der Waals surface area contributed by atoms with Crippen LogP contribution in [0.3, 0.4) is 0 Å². The van der Waals surface area contributed by atoms with E-state index in [0.29, 0.717) is 16.8 Å². The van der Waals surface area contributed by atoms with Crippen molar-refractivity contribution < 1.29 is 16.8 Å². The smallest absolute Gasteiger partial charge is 0.241 e. The molecule has 0 aromatic heterocycles. The number of nitrogen functional groups attached to an aromatic ring is 1. The van der Waals surface area contributed by atoms with Crippen molar-refractivity contribution in [3.05, 3.63) is 23.3 Å². The predicted molar refractivity (Wildman–Crippen MR) is 82.3 cm³/mol. The molecular formula is C13H20N2O4S2. The van der Waals surface area contributed by atoms with Crippen LogP contribution in [0.2, 0.25) is 0 Å². The molecule has 0 saturated carbocycles. The van der Waals surface area contributed by atoms with Gasteiger partial charge in [0, 0.05) is 11.2 Å². The van der Waals surface area contributed by atoms with Crippen molar-refractivity contribution in [3.63, 3.8) is 0 Å². The van der Waals surface area contributed by atoms with E-state index < -0.39 is 25.4 Å². The quantitative estimate of drug-likeness (QED) is 0.794. The molecule has 1 atom stereocenters. The van der Waals surface area contributed by atoms with Gasteiger partial charge in [-0.3, -0.25) is 0 Å². The van der Waals surface area contributed by atoms with E-state index in [0.717, 1.165) is 0 Å². The Morgan fingerprint density at radius 1 is 1.24 bits per heavy atom. The topological polar surface area (TPSA) is 106 Å². The Labute approximate surface area is 125 Å². The Bertz CT molecular complexity index is 761. The molecule has 8 heteroatoms. The minimum atomic E-state index is -3.80. The van der Waals surface area contributed by atoms with Crippen molar-refractivity contribution in [3.8, 4) is 0 Å². The monoisotopic (exact) mass is 332 g/mol. The van der Waals surface area contributed by atoms with Gasteiger partial charge in [-0.2, -0.15) is 0 Å². The molecular weight excluding hydrogens is 312 g/mol. The molecule has 3 N–H and O–H groups in total. The van der Waals surface area contributed by atoms with Crippen LogP contribution in [-0.2, 0) is 19.9 Å². The van der Waals surface area contributed by atoms with E-state index in [1.807, 2.05) is 0 Å². The van der Waals surface area contributed by atoms with Gasteiger partial charge in [0.25, 0.3) is 0 Å². The largest absolute Gasteiger partial charge is 0.399 e. The summed E-state index contributed by atoms with van der Waals surface area (Å²) in [6, 6.07) is 3.19. The van der Waals surface area contributed by atoms with Gasteiger partial charge in [-0.15, -0.1) is 0 Å². The first-order valence-electron chi connectivity index (χ1n) is 6.55. The van der Waals surface area contributed by atoms with E-state index in [9.17, 15) is 16.8 Å². The molecule has 1 unspecified atom stereocenters.